The Hall–Kier alpha value is -1.15. The van der Waals surface area contributed by atoms with Gasteiger partial charge in [0.15, 0.2) is 5.78 Å². The van der Waals surface area contributed by atoms with Gasteiger partial charge in [0.05, 0.1) is 0 Å². The van der Waals surface area contributed by atoms with E-state index in [9.17, 15) is 4.79 Å². The number of carbonyl (C=O) groups is 1. The maximum atomic E-state index is 12.5. The number of benzene rings is 1. The Kier molecular flexibility index (Phi) is 4.51. The van der Waals surface area contributed by atoms with Crippen molar-refractivity contribution in [2.45, 2.75) is 50.9 Å². The normalized spacial score (nSPS) is 23.3. The van der Waals surface area contributed by atoms with Crippen molar-refractivity contribution in [2.24, 2.45) is 5.92 Å². The van der Waals surface area contributed by atoms with Crippen LogP contribution in [0.1, 0.15) is 66.8 Å². The molecule has 0 amide bonds. The van der Waals surface area contributed by atoms with Gasteiger partial charge in [0.1, 0.15) is 0 Å². The molecule has 0 aromatic heterocycles. The first-order chi connectivity index (χ1) is 9.84. The lowest BCUT2D eigenvalue weighted by Gasteiger charge is -2.28. The minimum atomic E-state index is 0.359. The molecule has 1 unspecified atom stereocenters. The molecule has 1 saturated carbocycles. The summed E-state index contributed by atoms with van der Waals surface area (Å²) >= 11 is 0. The molecule has 1 aromatic carbocycles. The van der Waals surface area contributed by atoms with E-state index in [-0.39, 0.29) is 0 Å². The van der Waals surface area contributed by atoms with Crippen molar-refractivity contribution in [3.8, 4) is 0 Å². The third-order valence-electron chi connectivity index (χ3n) is 4.98. The fourth-order valence-corrected chi connectivity index (χ4v) is 3.47. The van der Waals surface area contributed by atoms with Crippen LogP contribution in [0.25, 0.3) is 0 Å². The van der Waals surface area contributed by atoms with Gasteiger partial charge in [0.2, 0.25) is 0 Å². The number of ketones is 1. The van der Waals surface area contributed by atoms with Crippen LogP contribution < -0.4 is 5.32 Å². The van der Waals surface area contributed by atoms with Crippen molar-refractivity contribution in [1.82, 2.24) is 5.32 Å². The van der Waals surface area contributed by atoms with Crippen LogP contribution in [-0.2, 0) is 0 Å². The zero-order valence-corrected chi connectivity index (χ0v) is 12.2. The van der Waals surface area contributed by atoms with Crippen LogP contribution >= 0.6 is 0 Å². The minimum Gasteiger partial charge on any atom is -0.316 e. The van der Waals surface area contributed by atoms with Crippen molar-refractivity contribution in [3.63, 3.8) is 0 Å². The third-order valence-corrected chi connectivity index (χ3v) is 4.98. The van der Waals surface area contributed by atoms with Gasteiger partial charge in [-0.05, 0) is 62.6 Å². The lowest BCUT2D eigenvalue weighted by Crippen LogP contribution is -2.30. The molecule has 1 aliphatic heterocycles. The largest absolute Gasteiger partial charge is 0.316 e. The fraction of sp³-hybridized carbons (Fsp3) is 0.611. The third kappa shape index (κ3) is 3.12. The minimum absolute atomic E-state index is 0.359. The Morgan fingerprint density at radius 3 is 2.70 bits per heavy atom. The van der Waals surface area contributed by atoms with Gasteiger partial charge < -0.3 is 5.32 Å². The van der Waals surface area contributed by atoms with Crippen LogP contribution in [0, 0.1) is 5.92 Å². The van der Waals surface area contributed by atoms with Crippen molar-refractivity contribution in [3.05, 3.63) is 35.4 Å². The van der Waals surface area contributed by atoms with Gasteiger partial charge in [-0.1, -0.05) is 30.7 Å². The molecule has 1 aliphatic carbocycles. The van der Waals surface area contributed by atoms with Gasteiger partial charge in [-0.15, -0.1) is 0 Å². The summed E-state index contributed by atoms with van der Waals surface area (Å²) < 4.78 is 0. The van der Waals surface area contributed by atoms with E-state index in [1.54, 1.807) is 0 Å². The summed E-state index contributed by atoms with van der Waals surface area (Å²) in [6, 6.07) is 8.29. The highest BCUT2D eigenvalue weighted by atomic mass is 16.1. The van der Waals surface area contributed by atoms with Gasteiger partial charge in [0.25, 0.3) is 0 Å². The van der Waals surface area contributed by atoms with Crippen molar-refractivity contribution < 1.29 is 4.79 Å². The highest BCUT2D eigenvalue weighted by molar-refractivity contribution is 5.97. The van der Waals surface area contributed by atoms with Crippen LogP contribution in [0.15, 0.2) is 24.3 Å². The molecule has 20 heavy (non-hydrogen) atoms. The Bertz CT molecular complexity index is 458. The first kappa shape index (κ1) is 13.8. The van der Waals surface area contributed by atoms with Crippen molar-refractivity contribution in [1.29, 1.82) is 0 Å². The standard InChI is InChI=1S/C18H25NO/c20-18(11-10-14-5-4-12-19-13-14)17-9-2-1-8-16(17)15-6-3-7-15/h1-2,8-9,14-15,19H,3-7,10-13H2. The van der Waals surface area contributed by atoms with E-state index in [0.717, 1.165) is 31.5 Å². The number of hydrogen-bond acceptors (Lipinski definition) is 2. The predicted molar refractivity (Wildman–Crippen MR) is 82.2 cm³/mol. The average Bonchev–Trinajstić information content (AvgIpc) is 2.45. The van der Waals surface area contributed by atoms with Gasteiger partial charge in [-0.3, -0.25) is 4.79 Å². The Balaban J connectivity index is 1.61. The van der Waals surface area contributed by atoms with E-state index in [4.69, 9.17) is 0 Å². The second-order valence-electron chi connectivity index (χ2n) is 6.39. The molecule has 1 aromatic rings. The first-order valence-corrected chi connectivity index (χ1v) is 8.17. The number of rotatable bonds is 5. The number of nitrogens with one attached hydrogen (secondary N) is 1. The number of Topliss-reactive ketones (excluding diaryl/α,β-unsaturated/α-hetero) is 1. The van der Waals surface area contributed by atoms with E-state index < -0.39 is 0 Å². The number of hydrogen-bond donors (Lipinski definition) is 1. The van der Waals surface area contributed by atoms with Crippen LogP contribution in [0.5, 0.6) is 0 Å². The topological polar surface area (TPSA) is 29.1 Å². The molecule has 108 valence electrons. The highest BCUT2D eigenvalue weighted by Crippen LogP contribution is 2.38. The molecule has 1 saturated heterocycles. The van der Waals surface area contributed by atoms with Gasteiger partial charge >= 0.3 is 0 Å². The summed E-state index contributed by atoms with van der Waals surface area (Å²) in [5.41, 5.74) is 2.31. The van der Waals surface area contributed by atoms with Crippen molar-refractivity contribution >= 4 is 5.78 Å². The molecule has 2 heteroatoms. The van der Waals surface area contributed by atoms with Crippen molar-refractivity contribution in [2.75, 3.05) is 13.1 Å². The van der Waals surface area contributed by atoms with E-state index in [1.807, 2.05) is 12.1 Å². The summed E-state index contributed by atoms with van der Waals surface area (Å²) in [6.07, 6.45) is 8.15. The van der Waals surface area contributed by atoms with Crippen LogP contribution in [-0.4, -0.2) is 18.9 Å². The summed E-state index contributed by atoms with van der Waals surface area (Å²) in [7, 11) is 0. The Morgan fingerprint density at radius 2 is 2.00 bits per heavy atom. The Morgan fingerprint density at radius 1 is 1.15 bits per heavy atom. The average molecular weight is 271 g/mol. The maximum absolute atomic E-state index is 12.5. The van der Waals surface area contributed by atoms with E-state index in [1.165, 1.54) is 37.7 Å². The molecule has 1 N–H and O–H groups in total. The molecule has 3 rings (SSSR count). The van der Waals surface area contributed by atoms with Crippen LogP contribution in [0.2, 0.25) is 0 Å². The molecule has 1 atom stereocenters. The number of piperidine rings is 1. The zero-order valence-electron chi connectivity index (χ0n) is 12.2. The summed E-state index contributed by atoms with van der Waals surface area (Å²) in [5.74, 6) is 1.70. The monoisotopic (exact) mass is 271 g/mol. The van der Waals surface area contributed by atoms with Gasteiger partial charge in [0, 0.05) is 12.0 Å². The maximum Gasteiger partial charge on any atom is 0.163 e. The zero-order chi connectivity index (χ0) is 13.8. The van der Waals surface area contributed by atoms with Gasteiger partial charge in [-0.25, -0.2) is 0 Å². The molecular weight excluding hydrogens is 246 g/mol. The molecular formula is C18H25NO. The second-order valence-corrected chi connectivity index (χ2v) is 6.39. The molecule has 0 radical (unpaired) electrons. The lowest BCUT2D eigenvalue weighted by molar-refractivity contribution is 0.0969. The summed E-state index contributed by atoms with van der Waals surface area (Å²) in [4.78, 5) is 12.5. The lowest BCUT2D eigenvalue weighted by atomic mass is 9.77. The molecule has 0 bridgehead atoms. The van der Waals surface area contributed by atoms with Crippen LogP contribution in [0.3, 0.4) is 0 Å². The van der Waals surface area contributed by atoms with Gasteiger partial charge in [-0.2, -0.15) is 0 Å². The second kappa shape index (κ2) is 6.53. The molecule has 2 nitrogen and oxygen atoms in total. The highest BCUT2D eigenvalue weighted by Gasteiger charge is 2.24. The fourth-order valence-electron chi connectivity index (χ4n) is 3.47. The van der Waals surface area contributed by atoms with E-state index in [0.29, 0.717) is 17.6 Å². The number of carbonyl (C=O) groups excluding carboxylic acids is 1. The van der Waals surface area contributed by atoms with E-state index in [2.05, 4.69) is 17.4 Å². The summed E-state index contributed by atoms with van der Waals surface area (Å²) in [5, 5.41) is 3.43. The predicted octanol–water partition coefficient (Wildman–Crippen LogP) is 3.92. The molecule has 2 fully saturated rings. The quantitative estimate of drug-likeness (QED) is 0.822. The Labute approximate surface area is 122 Å². The van der Waals surface area contributed by atoms with Crippen LogP contribution in [0.4, 0.5) is 0 Å². The first-order valence-electron chi connectivity index (χ1n) is 8.17. The SMILES string of the molecule is O=C(CCC1CCCNC1)c1ccccc1C1CCC1. The molecule has 0 spiro atoms. The molecule has 1 heterocycles. The van der Waals surface area contributed by atoms with E-state index >= 15 is 0 Å². The molecule has 2 aliphatic rings. The smallest absolute Gasteiger partial charge is 0.163 e. The summed E-state index contributed by atoms with van der Waals surface area (Å²) in [6.45, 7) is 2.24.